The molecule has 1 unspecified atom stereocenters. The third-order valence-corrected chi connectivity index (χ3v) is 5.41. The van der Waals surface area contributed by atoms with Crippen molar-refractivity contribution in [3.63, 3.8) is 0 Å². The molecule has 0 aliphatic carbocycles. The van der Waals surface area contributed by atoms with Gasteiger partial charge in [0.15, 0.2) is 0 Å². The number of hydrogen-bond acceptors (Lipinski definition) is 4. The van der Waals surface area contributed by atoms with Gasteiger partial charge in [-0.15, -0.1) is 0 Å². The topological polar surface area (TPSA) is 72.6 Å². The molecule has 1 aliphatic rings. The SMILES string of the molecule is CCCOC1CCCN(S(=O)(=O)Cc2cccc(N)c2)C1. The molecule has 1 atom stereocenters. The number of nitrogens with zero attached hydrogens (tertiary/aromatic N) is 1. The lowest BCUT2D eigenvalue weighted by Crippen LogP contribution is -2.43. The summed E-state index contributed by atoms with van der Waals surface area (Å²) in [5.41, 5.74) is 7.02. The molecule has 21 heavy (non-hydrogen) atoms. The van der Waals surface area contributed by atoms with Crippen LogP contribution in [0.3, 0.4) is 0 Å². The Morgan fingerprint density at radius 2 is 2.24 bits per heavy atom. The Balaban J connectivity index is 2.01. The molecule has 1 aromatic carbocycles. The van der Waals surface area contributed by atoms with Crippen LogP contribution in [0.4, 0.5) is 5.69 Å². The molecule has 0 amide bonds. The summed E-state index contributed by atoms with van der Waals surface area (Å²) < 4.78 is 32.3. The lowest BCUT2D eigenvalue weighted by atomic mass is 10.1. The summed E-state index contributed by atoms with van der Waals surface area (Å²) >= 11 is 0. The van der Waals surface area contributed by atoms with E-state index in [1.54, 1.807) is 28.6 Å². The highest BCUT2D eigenvalue weighted by Crippen LogP contribution is 2.20. The van der Waals surface area contributed by atoms with E-state index >= 15 is 0 Å². The van der Waals surface area contributed by atoms with Crippen LogP contribution in [0.25, 0.3) is 0 Å². The van der Waals surface area contributed by atoms with Gasteiger partial charge in [-0.3, -0.25) is 0 Å². The summed E-state index contributed by atoms with van der Waals surface area (Å²) in [6.45, 7) is 3.78. The highest BCUT2D eigenvalue weighted by atomic mass is 32.2. The number of hydrogen-bond donors (Lipinski definition) is 1. The van der Waals surface area contributed by atoms with Gasteiger partial charge in [-0.1, -0.05) is 19.1 Å². The van der Waals surface area contributed by atoms with Crippen molar-refractivity contribution >= 4 is 15.7 Å². The first-order valence-electron chi connectivity index (χ1n) is 7.45. The summed E-state index contributed by atoms with van der Waals surface area (Å²) in [6, 6.07) is 7.05. The van der Waals surface area contributed by atoms with Crippen molar-refractivity contribution in [2.75, 3.05) is 25.4 Å². The lowest BCUT2D eigenvalue weighted by Gasteiger charge is -2.31. The Morgan fingerprint density at radius 3 is 2.95 bits per heavy atom. The van der Waals surface area contributed by atoms with Gasteiger partial charge in [-0.05, 0) is 37.0 Å². The van der Waals surface area contributed by atoms with Crippen molar-refractivity contribution in [1.29, 1.82) is 0 Å². The Labute approximate surface area is 127 Å². The van der Waals surface area contributed by atoms with E-state index in [9.17, 15) is 8.42 Å². The van der Waals surface area contributed by atoms with E-state index in [-0.39, 0.29) is 11.9 Å². The van der Waals surface area contributed by atoms with Gasteiger partial charge < -0.3 is 10.5 Å². The molecule has 0 aromatic heterocycles. The van der Waals surface area contributed by atoms with Crippen molar-refractivity contribution < 1.29 is 13.2 Å². The summed E-state index contributed by atoms with van der Waals surface area (Å²) in [5, 5.41) is 0. The van der Waals surface area contributed by atoms with Gasteiger partial charge in [-0.25, -0.2) is 8.42 Å². The molecule has 1 heterocycles. The molecule has 5 nitrogen and oxygen atoms in total. The van der Waals surface area contributed by atoms with Crippen LogP contribution in [0.2, 0.25) is 0 Å². The zero-order chi connectivity index (χ0) is 15.3. The van der Waals surface area contributed by atoms with Crippen LogP contribution >= 0.6 is 0 Å². The van der Waals surface area contributed by atoms with Crippen LogP contribution in [-0.2, 0) is 20.5 Å². The minimum Gasteiger partial charge on any atom is -0.399 e. The van der Waals surface area contributed by atoms with Gasteiger partial charge in [0.05, 0.1) is 11.9 Å². The van der Waals surface area contributed by atoms with Crippen LogP contribution in [0.15, 0.2) is 24.3 Å². The molecule has 0 saturated carbocycles. The summed E-state index contributed by atoms with van der Waals surface area (Å²) in [7, 11) is -3.31. The number of nitrogen functional groups attached to an aromatic ring is 1. The maximum atomic E-state index is 12.5. The molecule has 1 aromatic rings. The molecule has 1 saturated heterocycles. The molecule has 1 fully saturated rings. The summed E-state index contributed by atoms with van der Waals surface area (Å²) in [4.78, 5) is 0. The molecule has 2 rings (SSSR count). The van der Waals surface area contributed by atoms with Gasteiger partial charge in [0.1, 0.15) is 0 Å². The second-order valence-electron chi connectivity index (χ2n) is 5.49. The number of ether oxygens (including phenoxy) is 1. The fourth-order valence-electron chi connectivity index (χ4n) is 2.56. The van der Waals surface area contributed by atoms with E-state index in [2.05, 4.69) is 6.92 Å². The van der Waals surface area contributed by atoms with E-state index in [1.165, 1.54) is 0 Å². The van der Waals surface area contributed by atoms with Gasteiger partial charge in [-0.2, -0.15) is 4.31 Å². The first-order chi connectivity index (χ1) is 10.0. The number of sulfonamides is 1. The second-order valence-corrected chi connectivity index (χ2v) is 7.46. The molecule has 0 radical (unpaired) electrons. The molecule has 0 bridgehead atoms. The number of piperidine rings is 1. The molecule has 1 aliphatic heterocycles. The molecule has 118 valence electrons. The van der Waals surface area contributed by atoms with Crippen LogP contribution in [0, 0.1) is 0 Å². The number of rotatable bonds is 6. The minimum absolute atomic E-state index is 0.00145. The third-order valence-electron chi connectivity index (χ3n) is 3.59. The zero-order valence-corrected chi connectivity index (χ0v) is 13.3. The Kier molecular flexibility index (Phi) is 5.61. The van der Waals surface area contributed by atoms with E-state index in [4.69, 9.17) is 10.5 Å². The van der Waals surface area contributed by atoms with Crippen LogP contribution < -0.4 is 5.73 Å². The Morgan fingerprint density at radius 1 is 1.43 bits per heavy atom. The fraction of sp³-hybridized carbons (Fsp3) is 0.600. The van der Waals surface area contributed by atoms with Crippen molar-refractivity contribution in [3.05, 3.63) is 29.8 Å². The van der Waals surface area contributed by atoms with Gasteiger partial charge >= 0.3 is 0 Å². The van der Waals surface area contributed by atoms with Gasteiger partial charge in [0.25, 0.3) is 0 Å². The molecular weight excluding hydrogens is 288 g/mol. The average molecular weight is 312 g/mol. The van der Waals surface area contributed by atoms with Crippen LogP contribution in [-0.4, -0.2) is 38.5 Å². The molecule has 0 spiro atoms. The predicted octanol–water partition coefficient (Wildman–Crippen LogP) is 1.99. The van der Waals surface area contributed by atoms with Crippen LogP contribution in [0.1, 0.15) is 31.7 Å². The molecule has 6 heteroatoms. The van der Waals surface area contributed by atoms with E-state index in [0.717, 1.165) is 24.8 Å². The molecular formula is C15H24N2O3S. The van der Waals surface area contributed by atoms with Crippen LogP contribution in [0.5, 0.6) is 0 Å². The average Bonchev–Trinajstić information content (AvgIpc) is 2.45. The quantitative estimate of drug-likeness (QED) is 0.815. The number of anilines is 1. The summed E-state index contributed by atoms with van der Waals surface area (Å²) in [6.07, 6.45) is 2.76. The first kappa shape index (κ1) is 16.3. The maximum absolute atomic E-state index is 12.5. The van der Waals surface area contributed by atoms with E-state index < -0.39 is 10.0 Å². The first-order valence-corrected chi connectivity index (χ1v) is 9.06. The fourth-order valence-corrected chi connectivity index (χ4v) is 4.15. The largest absolute Gasteiger partial charge is 0.399 e. The molecule has 2 N–H and O–H groups in total. The Bertz CT molecular complexity index is 560. The minimum atomic E-state index is -3.31. The Hall–Kier alpha value is -1.11. The smallest absolute Gasteiger partial charge is 0.218 e. The highest BCUT2D eigenvalue weighted by Gasteiger charge is 2.29. The zero-order valence-electron chi connectivity index (χ0n) is 12.5. The van der Waals surface area contributed by atoms with E-state index in [0.29, 0.717) is 25.4 Å². The second kappa shape index (κ2) is 7.24. The highest BCUT2D eigenvalue weighted by molar-refractivity contribution is 7.88. The van der Waals surface area contributed by atoms with Crippen molar-refractivity contribution in [1.82, 2.24) is 4.31 Å². The monoisotopic (exact) mass is 312 g/mol. The standard InChI is InChI=1S/C15H24N2O3S/c1-2-9-20-15-7-4-8-17(11-15)21(18,19)12-13-5-3-6-14(16)10-13/h3,5-6,10,15H,2,4,7-9,11-12,16H2,1H3. The van der Waals surface area contributed by atoms with E-state index in [1.807, 2.05) is 0 Å². The van der Waals surface area contributed by atoms with Gasteiger partial charge in [0.2, 0.25) is 10.0 Å². The predicted molar refractivity (Wildman–Crippen MR) is 84.3 cm³/mol. The maximum Gasteiger partial charge on any atom is 0.218 e. The van der Waals surface area contributed by atoms with Gasteiger partial charge in [0, 0.05) is 25.4 Å². The van der Waals surface area contributed by atoms with Crippen molar-refractivity contribution in [3.8, 4) is 0 Å². The number of benzene rings is 1. The third kappa shape index (κ3) is 4.69. The summed E-state index contributed by atoms with van der Waals surface area (Å²) in [5.74, 6) is -0.00145. The van der Waals surface area contributed by atoms with Crippen molar-refractivity contribution in [2.45, 2.75) is 38.0 Å². The normalized spacial score (nSPS) is 20.5. The number of nitrogens with two attached hydrogens (primary N) is 1. The lowest BCUT2D eigenvalue weighted by molar-refractivity contribution is 0.0193. The van der Waals surface area contributed by atoms with Crippen molar-refractivity contribution in [2.24, 2.45) is 0 Å².